The Morgan fingerprint density at radius 2 is 1.95 bits per heavy atom. The van der Waals surface area contributed by atoms with Crippen LogP contribution in [0.3, 0.4) is 0 Å². The van der Waals surface area contributed by atoms with Crippen LogP contribution in [0.4, 0.5) is 10.9 Å². The van der Waals surface area contributed by atoms with Crippen LogP contribution in [-0.4, -0.2) is 47.9 Å². The van der Waals surface area contributed by atoms with Gasteiger partial charge in [0.25, 0.3) is 5.91 Å². The van der Waals surface area contributed by atoms with Gasteiger partial charge in [-0.05, 0) is 19.3 Å². The molecule has 1 atom stereocenters. The van der Waals surface area contributed by atoms with E-state index in [1.165, 1.54) is 11.3 Å². The Hall–Kier alpha value is -1.83. The second kappa shape index (κ2) is 5.51. The molecule has 0 aromatic carbocycles. The molecule has 0 radical (unpaired) electrons. The first kappa shape index (κ1) is 14.1. The van der Waals surface area contributed by atoms with E-state index in [4.69, 9.17) is 11.5 Å². The van der Waals surface area contributed by atoms with Gasteiger partial charge in [-0.25, -0.2) is 4.98 Å². The number of nitrogen functional groups attached to an aromatic ring is 1. The predicted molar refractivity (Wildman–Crippen MR) is 81.2 cm³/mol. The van der Waals surface area contributed by atoms with Gasteiger partial charge in [0, 0.05) is 26.2 Å². The zero-order chi connectivity index (χ0) is 15.0. The number of carbonyl (C=O) groups excluding carboxylic acids is 2. The van der Waals surface area contributed by atoms with Gasteiger partial charge in [0.15, 0.2) is 5.13 Å². The lowest BCUT2D eigenvalue weighted by Gasteiger charge is -2.15. The third-order valence-corrected chi connectivity index (χ3v) is 5.21. The lowest BCUT2D eigenvalue weighted by atomic mass is 10.1. The molecule has 1 unspecified atom stereocenters. The molecule has 2 amide bonds. The van der Waals surface area contributed by atoms with Gasteiger partial charge < -0.3 is 21.3 Å². The summed E-state index contributed by atoms with van der Waals surface area (Å²) in [5.41, 5.74) is 11.2. The molecule has 2 saturated heterocycles. The Morgan fingerprint density at radius 1 is 1.24 bits per heavy atom. The van der Waals surface area contributed by atoms with Crippen molar-refractivity contribution in [2.45, 2.75) is 19.3 Å². The van der Waals surface area contributed by atoms with Crippen molar-refractivity contribution in [3.63, 3.8) is 0 Å². The highest BCUT2D eigenvalue weighted by molar-refractivity contribution is 7.18. The number of anilines is 2. The summed E-state index contributed by atoms with van der Waals surface area (Å²) < 4.78 is 0. The van der Waals surface area contributed by atoms with Crippen molar-refractivity contribution in [3.8, 4) is 0 Å². The first-order valence-corrected chi connectivity index (χ1v) is 7.97. The maximum absolute atomic E-state index is 12.5. The first-order chi connectivity index (χ1) is 10.1. The first-order valence-electron chi connectivity index (χ1n) is 7.16. The summed E-state index contributed by atoms with van der Waals surface area (Å²) >= 11 is 1.34. The van der Waals surface area contributed by atoms with Gasteiger partial charge in [-0.1, -0.05) is 11.3 Å². The molecule has 0 bridgehead atoms. The van der Waals surface area contributed by atoms with E-state index in [1.807, 2.05) is 0 Å². The van der Waals surface area contributed by atoms with E-state index in [-0.39, 0.29) is 23.6 Å². The Bertz CT molecular complexity index is 567. The number of nitrogens with two attached hydrogens (primary N) is 2. The minimum atomic E-state index is -0.347. The van der Waals surface area contributed by atoms with Crippen LogP contribution in [0.1, 0.15) is 28.9 Å². The molecule has 0 aliphatic carbocycles. The molecular formula is C13H19N5O2S. The summed E-state index contributed by atoms with van der Waals surface area (Å²) in [5.74, 6) is -0.449. The number of amides is 2. The lowest BCUT2D eigenvalue weighted by molar-refractivity contribution is -0.121. The smallest absolute Gasteiger partial charge is 0.267 e. The molecule has 21 heavy (non-hydrogen) atoms. The Balaban J connectivity index is 1.74. The summed E-state index contributed by atoms with van der Waals surface area (Å²) in [6.45, 7) is 2.86. The summed E-state index contributed by atoms with van der Waals surface area (Å²) in [5, 5.41) is 0.819. The van der Waals surface area contributed by atoms with Crippen LogP contribution < -0.4 is 16.4 Å². The molecule has 3 heterocycles. The Morgan fingerprint density at radius 3 is 2.57 bits per heavy atom. The van der Waals surface area contributed by atoms with E-state index in [2.05, 4.69) is 9.88 Å². The summed E-state index contributed by atoms with van der Waals surface area (Å²) in [4.78, 5) is 32.3. The molecule has 8 heteroatoms. The van der Waals surface area contributed by atoms with Crippen molar-refractivity contribution in [1.82, 2.24) is 9.88 Å². The van der Waals surface area contributed by atoms with E-state index in [0.29, 0.717) is 24.4 Å². The van der Waals surface area contributed by atoms with Crippen molar-refractivity contribution in [2.75, 3.05) is 36.8 Å². The summed E-state index contributed by atoms with van der Waals surface area (Å²) in [7, 11) is 0. The van der Waals surface area contributed by atoms with Crippen LogP contribution >= 0.6 is 11.3 Å². The molecule has 114 valence electrons. The highest BCUT2D eigenvalue weighted by Gasteiger charge is 2.32. The molecule has 2 fully saturated rings. The number of rotatable bonds is 3. The largest absolute Gasteiger partial charge is 0.382 e. The number of thiazole rings is 1. The lowest BCUT2D eigenvalue weighted by Crippen LogP contribution is -2.31. The van der Waals surface area contributed by atoms with Crippen molar-refractivity contribution >= 4 is 34.1 Å². The maximum Gasteiger partial charge on any atom is 0.267 e. The van der Waals surface area contributed by atoms with E-state index < -0.39 is 0 Å². The highest BCUT2D eigenvalue weighted by atomic mass is 32.1. The van der Waals surface area contributed by atoms with Gasteiger partial charge in [-0.3, -0.25) is 9.59 Å². The van der Waals surface area contributed by atoms with E-state index in [9.17, 15) is 9.59 Å². The summed E-state index contributed by atoms with van der Waals surface area (Å²) in [6.07, 6.45) is 2.92. The minimum Gasteiger partial charge on any atom is -0.382 e. The van der Waals surface area contributed by atoms with Gasteiger partial charge in [-0.2, -0.15) is 0 Å². The number of aromatic nitrogens is 1. The molecule has 0 spiro atoms. The third-order valence-electron chi connectivity index (χ3n) is 4.09. The zero-order valence-electron chi connectivity index (χ0n) is 11.7. The zero-order valence-corrected chi connectivity index (χ0v) is 12.6. The number of carbonyl (C=O) groups is 2. The number of nitrogens with zero attached hydrogens (tertiary/aromatic N) is 3. The third kappa shape index (κ3) is 2.67. The number of likely N-dealkylation sites (tertiary alicyclic amines) is 1. The second-order valence-corrected chi connectivity index (χ2v) is 6.52. The Kier molecular flexibility index (Phi) is 3.71. The Labute approximate surface area is 126 Å². The topological polar surface area (TPSA) is 106 Å². The van der Waals surface area contributed by atoms with Gasteiger partial charge in [0.05, 0.1) is 5.92 Å². The minimum absolute atomic E-state index is 0.140. The van der Waals surface area contributed by atoms with Gasteiger partial charge in [0.1, 0.15) is 10.7 Å². The van der Waals surface area contributed by atoms with Crippen LogP contribution in [0.5, 0.6) is 0 Å². The van der Waals surface area contributed by atoms with E-state index >= 15 is 0 Å². The van der Waals surface area contributed by atoms with Crippen LogP contribution in [0.15, 0.2) is 0 Å². The van der Waals surface area contributed by atoms with E-state index in [1.54, 1.807) is 4.90 Å². The molecule has 3 rings (SSSR count). The molecule has 4 N–H and O–H groups in total. The predicted octanol–water partition coefficient (Wildman–Crippen LogP) is 0.273. The number of hydrogen-bond acceptors (Lipinski definition) is 6. The highest BCUT2D eigenvalue weighted by Crippen LogP contribution is 2.32. The molecule has 2 aliphatic rings. The normalized spacial score (nSPS) is 22.0. The quantitative estimate of drug-likeness (QED) is 0.834. The average molecular weight is 309 g/mol. The fourth-order valence-corrected chi connectivity index (χ4v) is 3.84. The van der Waals surface area contributed by atoms with Crippen molar-refractivity contribution < 1.29 is 9.59 Å². The fraction of sp³-hybridized carbons (Fsp3) is 0.615. The van der Waals surface area contributed by atoms with Crippen molar-refractivity contribution in [2.24, 2.45) is 11.7 Å². The maximum atomic E-state index is 12.5. The molecule has 1 aromatic rings. The van der Waals surface area contributed by atoms with Gasteiger partial charge >= 0.3 is 0 Å². The van der Waals surface area contributed by atoms with Crippen LogP contribution in [0.2, 0.25) is 0 Å². The average Bonchev–Trinajstić information content (AvgIpc) is 3.18. The number of hydrogen-bond donors (Lipinski definition) is 2. The summed E-state index contributed by atoms with van der Waals surface area (Å²) in [6, 6.07) is 0. The molecule has 2 aliphatic heterocycles. The number of primary amides is 1. The molecule has 7 nitrogen and oxygen atoms in total. The van der Waals surface area contributed by atoms with Crippen molar-refractivity contribution in [3.05, 3.63) is 4.88 Å². The van der Waals surface area contributed by atoms with E-state index in [0.717, 1.165) is 31.1 Å². The standard InChI is InChI=1S/C13H19N5O2S/c14-10-9(21-13(16-10)17-4-1-2-5-17)12(20)18-6-3-8(7-18)11(15)19/h8H,1-7,14H2,(H2,15,19). The SMILES string of the molecule is NC(=O)C1CCN(C(=O)c2sc(N3CCCC3)nc2N)C1. The fourth-order valence-electron chi connectivity index (χ4n) is 2.84. The van der Waals surface area contributed by atoms with Gasteiger partial charge in [-0.15, -0.1) is 0 Å². The van der Waals surface area contributed by atoms with Crippen LogP contribution in [0, 0.1) is 5.92 Å². The van der Waals surface area contributed by atoms with Gasteiger partial charge in [0.2, 0.25) is 5.91 Å². The molecular weight excluding hydrogens is 290 g/mol. The molecule has 0 saturated carbocycles. The second-order valence-electron chi connectivity index (χ2n) is 5.54. The molecule has 1 aromatic heterocycles. The van der Waals surface area contributed by atoms with Crippen LogP contribution in [-0.2, 0) is 4.79 Å². The van der Waals surface area contributed by atoms with Crippen LogP contribution in [0.25, 0.3) is 0 Å². The van der Waals surface area contributed by atoms with Crippen molar-refractivity contribution in [1.29, 1.82) is 0 Å². The monoisotopic (exact) mass is 309 g/mol.